The van der Waals surface area contributed by atoms with Crippen molar-refractivity contribution >= 4 is 0 Å². The van der Waals surface area contributed by atoms with Crippen molar-refractivity contribution in [3.05, 3.63) is 29.8 Å². The highest BCUT2D eigenvalue weighted by molar-refractivity contribution is 5.38. The first-order valence-electron chi connectivity index (χ1n) is 6.72. The second-order valence-corrected chi connectivity index (χ2v) is 6.06. The molecule has 0 aromatic heterocycles. The van der Waals surface area contributed by atoms with Gasteiger partial charge in [0.1, 0.15) is 18.4 Å². The molecule has 0 aliphatic heterocycles. The Hall–Kier alpha value is -1.53. The molecule has 0 radical (unpaired) electrons. The number of para-hydroxylation sites is 1. The van der Waals surface area contributed by atoms with Crippen LogP contribution < -0.4 is 10.1 Å². The largest absolute Gasteiger partial charge is 0.491 e. The Morgan fingerprint density at radius 1 is 1.26 bits per heavy atom. The fourth-order valence-corrected chi connectivity index (χ4v) is 1.91. The lowest BCUT2D eigenvalue weighted by Crippen LogP contribution is -2.38. The minimum atomic E-state index is -0.284. The molecule has 3 nitrogen and oxygen atoms in total. The number of nitrogens with one attached hydrogen (secondary N) is 1. The van der Waals surface area contributed by atoms with E-state index in [9.17, 15) is 0 Å². The summed E-state index contributed by atoms with van der Waals surface area (Å²) < 4.78 is 5.83. The summed E-state index contributed by atoms with van der Waals surface area (Å²) in [5, 5.41) is 12.3. The van der Waals surface area contributed by atoms with E-state index >= 15 is 0 Å². The van der Waals surface area contributed by atoms with Gasteiger partial charge in [-0.2, -0.15) is 5.26 Å². The smallest absolute Gasteiger partial charge is 0.130 e. The van der Waals surface area contributed by atoms with Gasteiger partial charge in [-0.1, -0.05) is 39.0 Å². The second kappa shape index (κ2) is 6.58. The van der Waals surface area contributed by atoms with Crippen molar-refractivity contribution in [3.8, 4) is 11.8 Å². The minimum Gasteiger partial charge on any atom is -0.491 e. The molecule has 0 saturated carbocycles. The third-order valence-corrected chi connectivity index (χ3v) is 2.79. The number of ether oxygens (including phenoxy) is 1. The van der Waals surface area contributed by atoms with E-state index in [2.05, 4.69) is 38.2 Å². The summed E-state index contributed by atoms with van der Waals surface area (Å²) in [6.45, 7) is 10.9. The zero-order valence-electron chi connectivity index (χ0n) is 12.5. The van der Waals surface area contributed by atoms with Gasteiger partial charge in [0.15, 0.2) is 0 Å². The summed E-state index contributed by atoms with van der Waals surface area (Å²) in [4.78, 5) is 0. The fraction of sp³-hybridized carbons (Fsp3) is 0.562. The highest BCUT2D eigenvalue weighted by atomic mass is 16.5. The van der Waals surface area contributed by atoms with Crippen molar-refractivity contribution < 1.29 is 4.74 Å². The van der Waals surface area contributed by atoms with Crippen molar-refractivity contribution in [2.45, 2.75) is 52.1 Å². The van der Waals surface area contributed by atoms with Gasteiger partial charge in [-0.15, -0.1) is 0 Å². The molecule has 0 aliphatic carbocycles. The van der Waals surface area contributed by atoms with Crippen LogP contribution in [0.1, 0.15) is 40.2 Å². The summed E-state index contributed by atoms with van der Waals surface area (Å²) >= 11 is 0. The van der Waals surface area contributed by atoms with Crippen molar-refractivity contribution in [1.29, 1.82) is 5.26 Å². The number of nitriles is 1. The highest BCUT2D eigenvalue weighted by Crippen LogP contribution is 2.30. The first-order chi connectivity index (χ1) is 8.84. The van der Waals surface area contributed by atoms with Gasteiger partial charge in [-0.25, -0.2) is 0 Å². The number of hydrogen-bond donors (Lipinski definition) is 1. The van der Waals surface area contributed by atoms with Crippen molar-refractivity contribution in [2.75, 3.05) is 6.61 Å². The molecule has 1 unspecified atom stereocenters. The topological polar surface area (TPSA) is 45.0 Å². The first kappa shape index (κ1) is 15.5. The molecule has 1 N–H and O–H groups in total. The number of nitrogens with zero attached hydrogens (tertiary/aromatic N) is 1. The number of benzene rings is 1. The van der Waals surface area contributed by atoms with E-state index < -0.39 is 0 Å². The summed E-state index contributed by atoms with van der Waals surface area (Å²) in [6.07, 6.45) is 0. The van der Waals surface area contributed by atoms with E-state index in [0.717, 1.165) is 11.3 Å². The van der Waals surface area contributed by atoms with Crippen LogP contribution in [-0.4, -0.2) is 18.7 Å². The van der Waals surface area contributed by atoms with E-state index in [1.165, 1.54) is 0 Å². The minimum absolute atomic E-state index is 0.0320. The molecule has 0 heterocycles. The van der Waals surface area contributed by atoms with Crippen LogP contribution in [0.2, 0.25) is 0 Å². The predicted octanol–water partition coefficient (Wildman–Crippen LogP) is 3.25. The lowest BCUT2D eigenvalue weighted by molar-refractivity contribution is 0.276. The van der Waals surface area contributed by atoms with Crippen LogP contribution in [0.5, 0.6) is 5.75 Å². The fourth-order valence-electron chi connectivity index (χ4n) is 1.91. The molecule has 3 heteroatoms. The van der Waals surface area contributed by atoms with Gasteiger partial charge in [0, 0.05) is 6.04 Å². The zero-order chi connectivity index (χ0) is 14.5. The van der Waals surface area contributed by atoms with E-state index in [1.807, 2.05) is 32.0 Å². The summed E-state index contributed by atoms with van der Waals surface area (Å²) in [5.41, 5.74) is 1.20. The van der Waals surface area contributed by atoms with Gasteiger partial charge in [0.25, 0.3) is 0 Å². The van der Waals surface area contributed by atoms with Crippen molar-refractivity contribution in [3.63, 3.8) is 0 Å². The van der Waals surface area contributed by atoms with Gasteiger partial charge >= 0.3 is 0 Å². The molecular weight excluding hydrogens is 236 g/mol. The molecule has 1 atom stereocenters. The van der Waals surface area contributed by atoms with Gasteiger partial charge in [-0.05, 0) is 30.9 Å². The van der Waals surface area contributed by atoms with Crippen LogP contribution in [0.25, 0.3) is 0 Å². The number of hydrogen-bond acceptors (Lipinski definition) is 3. The number of rotatable bonds is 5. The molecule has 1 rings (SSSR count). The maximum Gasteiger partial charge on any atom is 0.130 e. The molecular formula is C16H24N2O. The van der Waals surface area contributed by atoms with Crippen LogP contribution in [-0.2, 0) is 5.41 Å². The monoisotopic (exact) mass is 260 g/mol. The van der Waals surface area contributed by atoms with Crippen molar-refractivity contribution in [1.82, 2.24) is 5.32 Å². The Morgan fingerprint density at radius 3 is 2.42 bits per heavy atom. The van der Waals surface area contributed by atoms with E-state index in [4.69, 9.17) is 10.00 Å². The third-order valence-electron chi connectivity index (χ3n) is 2.79. The summed E-state index contributed by atoms with van der Waals surface area (Å²) in [6, 6.07) is 10.2. The standard InChI is InChI=1S/C16H24N2O/c1-12(2)18-13(10-17)11-19-15-9-7-6-8-14(15)16(3,4)5/h6-9,12-13,18H,11H2,1-5H3. The Balaban J connectivity index is 2.76. The Morgan fingerprint density at radius 2 is 1.89 bits per heavy atom. The molecule has 1 aromatic carbocycles. The summed E-state index contributed by atoms with van der Waals surface area (Å²) in [5.74, 6) is 0.862. The molecule has 1 aromatic rings. The molecule has 0 fully saturated rings. The Bertz CT molecular complexity index is 441. The van der Waals surface area contributed by atoms with Crippen LogP contribution in [0.3, 0.4) is 0 Å². The van der Waals surface area contributed by atoms with Crippen molar-refractivity contribution in [2.24, 2.45) is 0 Å². The van der Waals surface area contributed by atoms with E-state index in [-0.39, 0.29) is 17.5 Å². The van der Waals surface area contributed by atoms with Crippen LogP contribution in [0.15, 0.2) is 24.3 Å². The molecule has 0 aliphatic rings. The zero-order valence-corrected chi connectivity index (χ0v) is 12.5. The third kappa shape index (κ3) is 4.92. The van der Waals surface area contributed by atoms with Gasteiger partial charge in [0.05, 0.1) is 6.07 Å². The van der Waals surface area contributed by atoms with Gasteiger partial charge in [-0.3, -0.25) is 5.32 Å². The highest BCUT2D eigenvalue weighted by Gasteiger charge is 2.19. The first-order valence-corrected chi connectivity index (χ1v) is 6.72. The van der Waals surface area contributed by atoms with Crippen LogP contribution in [0.4, 0.5) is 0 Å². The van der Waals surface area contributed by atoms with Crippen LogP contribution >= 0.6 is 0 Å². The lowest BCUT2D eigenvalue weighted by atomic mass is 9.86. The maximum atomic E-state index is 9.09. The SMILES string of the molecule is CC(C)NC(C#N)COc1ccccc1C(C)(C)C. The quantitative estimate of drug-likeness (QED) is 0.884. The normalized spacial score (nSPS) is 13.1. The molecule has 0 spiro atoms. The van der Waals surface area contributed by atoms with Gasteiger partial charge < -0.3 is 4.74 Å². The predicted molar refractivity (Wildman–Crippen MR) is 78.3 cm³/mol. The lowest BCUT2D eigenvalue weighted by Gasteiger charge is -2.23. The van der Waals surface area contributed by atoms with Crippen LogP contribution in [0, 0.1) is 11.3 Å². The molecule has 19 heavy (non-hydrogen) atoms. The second-order valence-electron chi connectivity index (χ2n) is 6.06. The Kier molecular flexibility index (Phi) is 5.38. The molecule has 0 amide bonds. The maximum absolute atomic E-state index is 9.09. The average molecular weight is 260 g/mol. The molecule has 104 valence electrons. The average Bonchev–Trinajstić information content (AvgIpc) is 2.33. The Labute approximate surface area is 116 Å². The molecule has 0 bridgehead atoms. The van der Waals surface area contributed by atoms with E-state index in [1.54, 1.807) is 0 Å². The van der Waals surface area contributed by atoms with Gasteiger partial charge in [0.2, 0.25) is 0 Å². The summed E-state index contributed by atoms with van der Waals surface area (Å²) in [7, 11) is 0. The molecule has 0 saturated heterocycles. The van der Waals surface area contributed by atoms with E-state index in [0.29, 0.717) is 6.61 Å².